The number of fused-ring (bicyclic) bond motifs is 2. The molecule has 154 valence electrons. The summed E-state index contributed by atoms with van der Waals surface area (Å²) in [4.78, 5) is 24.1. The molecule has 4 heterocycles. The Morgan fingerprint density at radius 3 is 2.97 bits per heavy atom. The number of anilines is 1. The molecule has 1 amide bonds. The molecule has 0 spiro atoms. The summed E-state index contributed by atoms with van der Waals surface area (Å²) in [7, 11) is 0. The highest BCUT2D eigenvalue weighted by molar-refractivity contribution is 5.93. The first-order valence-corrected chi connectivity index (χ1v) is 10.2. The summed E-state index contributed by atoms with van der Waals surface area (Å²) >= 11 is 0. The van der Waals surface area contributed by atoms with Gasteiger partial charge in [-0.1, -0.05) is 6.92 Å². The number of aryl methyl sites for hydroxylation is 1. The Morgan fingerprint density at radius 2 is 2.17 bits per heavy atom. The Labute approximate surface area is 173 Å². The molecule has 0 unspecified atom stereocenters. The van der Waals surface area contributed by atoms with E-state index in [-0.39, 0.29) is 17.5 Å². The lowest BCUT2D eigenvalue weighted by Crippen LogP contribution is -2.59. The van der Waals surface area contributed by atoms with Crippen molar-refractivity contribution >= 4 is 28.5 Å². The molecule has 4 aromatic rings. The second-order valence-corrected chi connectivity index (χ2v) is 8.26. The van der Waals surface area contributed by atoms with Crippen LogP contribution >= 0.6 is 0 Å². The summed E-state index contributed by atoms with van der Waals surface area (Å²) in [6, 6.07) is 4.23. The molecule has 0 bridgehead atoms. The van der Waals surface area contributed by atoms with Crippen molar-refractivity contribution in [3.63, 3.8) is 0 Å². The average Bonchev–Trinajstić information content (AvgIpc) is 3.29. The first-order valence-electron chi connectivity index (χ1n) is 10.2. The van der Waals surface area contributed by atoms with E-state index in [2.05, 4.69) is 42.7 Å². The lowest BCUT2D eigenvalue weighted by molar-refractivity contribution is -0.123. The molecule has 9 heteroatoms. The summed E-state index contributed by atoms with van der Waals surface area (Å²) in [5.41, 5.74) is 3.53. The number of amides is 1. The molecule has 30 heavy (non-hydrogen) atoms. The lowest BCUT2D eigenvalue weighted by Gasteiger charge is -2.45. The highest BCUT2D eigenvalue weighted by atomic mass is 16.1. The summed E-state index contributed by atoms with van der Waals surface area (Å²) in [5, 5.41) is 15.7. The zero-order valence-electron chi connectivity index (χ0n) is 17.2. The number of rotatable bonds is 5. The molecule has 1 aliphatic rings. The second-order valence-electron chi connectivity index (χ2n) is 8.26. The number of hydrogen-bond acceptors (Lipinski definition) is 6. The third-order valence-corrected chi connectivity index (χ3v) is 5.81. The van der Waals surface area contributed by atoms with E-state index < -0.39 is 0 Å². The Morgan fingerprint density at radius 1 is 1.33 bits per heavy atom. The Bertz CT molecular complexity index is 1250. The maximum absolute atomic E-state index is 11.7. The van der Waals surface area contributed by atoms with E-state index in [0.29, 0.717) is 12.4 Å². The van der Waals surface area contributed by atoms with Crippen LogP contribution in [-0.2, 0) is 4.79 Å². The van der Waals surface area contributed by atoms with Crippen LogP contribution in [0.3, 0.4) is 0 Å². The normalized spacial score (nSPS) is 21.0. The maximum atomic E-state index is 11.7. The molecule has 0 radical (unpaired) electrons. The van der Waals surface area contributed by atoms with Gasteiger partial charge in [0.15, 0.2) is 5.65 Å². The Balaban J connectivity index is 1.34. The number of aromatic amines is 1. The topological polar surface area (TPSA) is 113 Å². The smallest absolute Gasteiger partial charge is 0.224 e. The largest absolute Gasteiger partial charge is 0.351 e. The fourth-order valence-electron chi connectivity index (χ4n) is 4.22. The maximum Gasteiger partial charge on any atom is 0.224 e. The molecule has 1 saturated carbocycles. The quantitative estimate of drug-likeness (QED) is 0.471. The summed E-state index contributed by atoms with van der Waals surface area (Å²) in [6.45, 7) is 5.87. The number of nitrogens with one attached hydrogen (secondary N) is 3. The first kappa shape index (κ1) is 18.5. The van der Waals surface area contributed by atoms with Crippen molar-refractivity contribution in [1.82, 2.24) is 34.9 Å². The number of H-pyrrole nitrogens is 1. The van der Waals surface area contributed by atoms with Crippen molar-refractivity contribution in [2.24, 2.45) is 0 Å². The van der Waals surface area contributed by atoms with Crippen LogP contribution in [0.4, 0.5) is 5.95 Å². The molecule has 9 nitrogen and oxygen atoms in total. The van der Waals surface area contributed by atoms with Crippen LogP contribution in [0, 0.1) is 6.92 Å². The predicted octanol–water partition coefficient (Wildman–Crippen LogP) is 2.84. The Hall–Kier alpha value is -3.49. The molecule has 3 N–H and O–H groups in total. The van der Waals surface area contributed by atoms with E-state index >= 15 is 0 Å². The Kier molecular flexibility index (Phi) is 4.19. The van der Waals surface area contributed by atoms with Gasteiger partial charge in [0.1, 0.15) is 11.5 Å². The van der Waals surface area contributed by atoms with Crippen molar-refractivity contribution in [1.29, 1.82) is 0 Å². The van der Waals surface area contributed by atoms with Crippen LogP contribution in [0.25, 0.3) is 27.8 Å². The van der Waals surface area contributed by atoms with Gasteiger partial charge >= 0.3 is 0 Å². The van der Waals surface area contributed by atoms with Gasteiger partial charge in [-0.2, -0.15) is 4.98 Å². The standard InChI is InChI=1S/C21H24N8O/c1-4-18(30)26-21(3)7-14(8-21)24-20-23-10-16-15(9-22-19(16)25-20)13-5-6-17-28-27-12(2)29(17)11-13/h5-6,9-11,14H,4,7-8H2,1-3H3,(H,26,30)(H2,22,23,24,25)/t14-,21-. The predicted molar refractivity (Wildman–Crippen MR) is 114 cm³/mol. The zero-order valence-corrected chi connectivity index (χ0v) is 17.2. The van der Waals surface area contributed by atoms with Gasteiger partial charge in [0.05, 0.1) is 0 Å². The van der Waals surface area contributed by atoms with Gasteiger partial charge in [0, 0.05) is 53.1 Å². The van der Waals surface area contributed by atoms with E-state index in [1.54, 1.807) is 0 Å². The molecule has 1 aliphatic carbocycles. The molecule has 0 atom stereocenters. The number of nitrogens with zero attached hydrogens (tertiary/aromatic N) is 5. The van der Waals surface area contributed by atoms with Gasteiger partial charge in [0.2, 0.25) is 11.9 Å². The highest BCUT2D eigenvalue weighted by Crippen LogP contribution is 2.34. The summed E-state index contributed by atoms with van der Waals surface area (Å²) in [5.74, 6) is 1.53. The second kappa shape index (κ2) is 6.79. The number of carbonyl (C=O) groups excluding carboxylic acids is 1. The van der Waals surface area contributed by atoms with E-state index in [1.807, 2.05) is 49.0 Å². The van der Waals surface area contributed by atoms with Crippen LogP contribution < -0.4 is 10.6 Å². The van der Waals surface area contributed by atoms with Crippen LogP contribution in [0.1, 0.15) is 38.9 Å². The van der Waals surface area contributed by atoms with Crippen LogP contribution in [0.15, 0.2) is 30.7 Å². The highest BCUT2D eigenvalue weighted by Gasteiger charge is 2.41. The fraction of sp³-hybridized carbons (Fsp3) is 0.381. The van der Waals surface area contributed by atoms with Gasteiger partial charge < -0.3 is 15.6 Å². The van der Waals surface area contributed by atoms with E-state index in [4.69, 9.17) is 0 Å². The van der Waals surface area contributed by atoms with Gasteiger partial charge in [-0.15, -0.1) is 10.2 Å². The summed E-state index contributed by atoms with van der Waals surface area (Å²) < 4.78 is 1.97. The SMILES string of the molecule is CCC(=O)N[C@]1(C)C[C@@H](Nc2ncc3c(-c4ccc5nnc(C)n5c4)c[nH]c3n2)C1. The zero-order chi connectivity index (χ0) is 20.9. The van der Waals surface area contributed by atoms with Crippen molar-refractivity contribution in [2.75, 3.05) is 5.32 Å². The molecular weight excluding hydrogens is 380 g/mol. The van der Waals surface area contributed by atoms with E-state index in [0.717, 1.165) is 46.5 Å². The van der Waals surface area contributed by atoms with Crippen molar-refractivity contribution < 1.29 is 4.79 Å². The monoisotopic (exact) mass is 404 g/mol. The molecule has 0 saturated heterocycles. The van der Waals surface area contributed by atoms with Crippen molar-refractivity contribution in [3.05, 3.63) is 36.5 Å². The number of aromatic nitrogens is 6. The molecule has 4 aromatic heterocycles. The lowest BCUT2D eigenvalue weighted by atomic mass is 9.74. The van der Waals surface area contributed by atoms with Gasteiger partial charge in [-0.3, -0.25) is 9.20 Å². The average molecular weight is 404 g/mol. The van der Waals surface area contributed by atoms with Crippen LogP contribution in [-0.4, -0.2) is 47.0 Å². The minimum absolute atomic E-state index is 0.0902. The minimum Gasteiger partial charge on any atom is -0.351 e. The van der Waals surface area contributed by atoms with Gasteiger partial charge in [-0.05, 0) is 38.8 Å². The van der Waals surface area contributed by atoms with Crippen LogP contribution in [0.2, 0.25) is 0 Å². The number of carbonyl (C=O) groups is 1. The van der Waals surface area contributed by atoms with E-state index in [1.165, 1.54) is 0 Å². The first-order chi connectivity index (χ1) is 14.4. The minimum atomic E-state index is -0.145. The summed E-state index contributed by atoms with van der Waals surface area (Å²) in [6.07, 6.45) is 8.04. The van der Waals surface area contributed by atoms with Gasteiger partial charge in [0.25, 0.3) is 0 Å². The van der Waals surface area contributed by atoms with Crippen LogP contribution in [0.5, 0.6) is 0 Å². The molecular formula is C21H24N8O. The third kappa shape index (κ3) is 3.16. The number of hydrogen-bond donors (Lipinski definition) is 3. The van der Waals surface area contributed by atoms with E-state index in [9.17, 15) is 4.79 Å². The number of pyridine rings is 1. The fourth-order valence-corrected chi connectivity index (χ4v) is 4.22. The molecule has 5 rings (SSSR count). The molecule has 1 fully saturated rings. The third-order valence-electron chi connectivity index (χ3n) is 5.81. The molecule has 0 aromatic carbocycles. The van der Waals surface area contributed by atoms with Crippen molar-refractivity contribution in [3.8, 4) is 11.1 Å². The molecule has 0 aliphatic heterocycles. The van der Waals surface area contributed by atoms with Crippen molar-refractivity contribution in [2.45, 2.75) is 51.6 Å². The van der Waals surface area contributed by atoms with Gasteiger partial charge in [-0.25, -0.2) is 4.98 Å².